The van der Waals surface area contributed by atoms with Crippen LogP contribution in [0.4, 0.5) is 0 Å². The average molecular weight is 440 g/mol. The summed E-state index contributed by atoms with van der Waals surface area (Å²) in [6.07, 6.45) is 1.54. The van der Waals surface area contributed by atoms with Crippen molar-refractivity contribution in [3.8, 4) is 0 Å². The van der Waals surface area contributed by atoms with Gasteiger partial charge in [-0.3, -0.25) is 19.7 Å². The van der Waals surface area contributed by atoms with Crippen molar-refractivity contribution in [2.45, 2.75) is 31.4 Å². The number of halogens is 1. The van der Waals surface area contributed by atoms with Crippen LogP contribution in [-0.4, -0.2) is 66.2 Å². The monoisotopic (exact) mass is 439 g/mol. The molecule has 8 nitrogen and oxygen atoms in total. The van der Waals surface area contributed by atoms with Crippen LogP contribution in [0.15, 0.2) is 24.3 Å². The van der Waals surface area contributed by atoms with E-state index in [1.807, 2.05) is 0 Å². The Kier molecular flexibility index (Phi) is 7.40. The fourth-order valence-corrected chi connectivity index (χ4v) is 3.62. The maximum Gasteiger partial charge on any atom is 0.308 e. The van der Waals surface area contributed by atoms with Crippen LogP contribution in [0, 0.1) is 0 Å². The molecule has 2 aliphatic rings. The normalized spacial score (nSPS) is 21.4. The lowest BCUT2D eigenvalue weighted by molar-refractivity contribution is -0.150. The third-order valence-electron chi connectivity index (χ3n) is 4.73. The Labute approximate surface area is 178 Å². The molecule has 2 amide bonds. The number of carbonyl (C=O) groups is 3. The summed E-state index contributed by atoms with van der Waals surface area (Å²) in [4.78, 5) is 38.5. The fourth-order valence-electron chi connectivity index (χ4n) is 3.18. The van der Waals surface area contributed by atoms with Crippen molar-refractivity contribution < 1.29 is 23.9 Å². The molecule has 0 bridgehead atoms. The van der Waals surface area contributed by atoms with Gasteiger partial charge in [0.2, 0.25) is 5.91 Å². The van der Waals surface area contributed by atoms with Crippen molar-refractivity contribution in [2.24, 2.45) is 0 Å². The Morgan fingerprint density at radius 3 is 2.79 bits per heavy atom. The molecule has 2 aliphatic heterocycles. The van der Waals surface area contributed by atoms with Gasteiger partial charge < -0.3 is 19.7 Å². The van der Waals surface area contributed by atoms with E-state index in [0.29, 0.717) is 30.3 Å². The van der Waals surface area contributed by atoms with Gasteiger partial charge in [0.15, 0.2) is 5.11 Å². The molecule has 1 aromatic carbocycles. The highest BCUT2D eigenvalue weighted by molar-refractivity contribution is 7.80. The minimum absolute atomic E-state index is 0.0803. The number of nitrogens with zero attached hydrogens (tertiary/aromatic N) is 1. The second-order valence-electron chi connectivity index (χ2n) is 6.79. The first kappa shape index (κ1) is 21.5. The number of esters is 1. The van der Waals surface area contributed by atoms with Crippen molar-refractivity contribution in [3.05, 3.63) is 34.9 Å². The van der Waals surface area contributed by atoms with Gasteiger partial charge in [-0.2, -0.15) is 0 Å². The molecule has 156 valence electrons. The lowest BCUT2D eigenvalue weighted by atomic mass is 10.1. The quantitative estimate of drug-likeness (QED) is 0.526. The zero-order valence-corrected chi connectivity index (χ0v) is 17.3. The number of thiocarbonyl (C=S) groups is 1. The average Bonchev–Trinajstić information content (AvgIpc) is 3.22. The molecule has 0 spiro atoms. The molecule has 2 heterocycles. The van der Waals surface area contributed by atoms with Crippen molar-refractivity contribution >= 4 is 46.7 Å². The van der Waals surface area contributed by atoms with Crippen LogP contribution >= 0.6 is 23.8 Å². The molecule has 0 radical (unpaired) electrons. The summed E-state index contributed by atoms with van der Waals surface area (Å²) in [6, 6.07) is 5.49. The van der Waals surface area contributed by atoms with E-state index in [-0.39, 0.29) is 30.2 Å². The third kappa shape index (κ3) is 5.88. The predicted octanol–water partition coefficient (Wildman–Crippen LogP) is 1.27. The Morgan fingerprint density at radius 2 is 2.10 bits per heavy atom. The Hall–Kier alpha value is -2.23. The maximum absolute atomic E-state index is 12.4. The number of rotatable bonds is 5. The summed E-state index contributed by atoms with van der Waals surface area (Å²) in [5.74, 6) is -1.27. The third-order valence-corrected chi connectivity index (χ3v) is 5.32. The lowest BCUT2D eigenvalue weighted by Crippen LogP contribution is -2.60. The number of piperazine rings is 1. The van der Waals surface area contributed by atoms with Crippen LogP contribution in [0.2, 0.25) is 5.02 Å². The van der Waals surface area contributed by atoms with E-state index in [2.05, 4.69) is 10.6 Å². The number of benzene rings is 1. The SMILES string of the molecule is O=C(C[C@@H]1C(=O)NCCN1C(=S)NC(=O)c1ccc(Cl)cc1)OC[C@H]1CCCO1. The van der Waals surface area contributed by atoms with Crippen molar-refractivity contribution in [1.82, 2.24) is 15.5 Å². The predicted molar refractivity (Wildman–Crippen MR) is 110 cm³/mol. The molecule has 0 saturated carbocycles. The van der Waals surface area contributed by atoms with Gasteiger partial charge in [-0.1, -0.05) is 11.6 Å². The van der Waals surface area contributed by atoms with Crippen LogP contribution in [-0.2, 0) is 19.1 Å². The van der Waals surface area contributed by atoms with Gasteiger partial charge in [0.25, 0.3) is 5.91 Å². The molecule has 0 aliphatic carbocycles. The first-order valence-corrected chi connectivity index (χ1v) is 10.1. The summed E-state index contributed by atoms with van der Waals surface area (Å²) >= 11 is 11.2. The molecule has 2 atom stereocenters. The second kappa shape index (κ2) is 10.00. The van der Waals surface area contributed by atoms with Crippen LogP contribution in [0.1, 0.15) is 29.6 Å². The Balaban J connectivity index is 1.58. The fraction of sp³-hybridized carbons (Fsp3) is 0.474. The van der Waals surface area contributed by atoms with Crippen LogP contribution in [0.3, 0.4) is 0 Å². The van der Waals surface area contributed by atoms with Crippen LogP contribution in [0.5, 0.6) is 0 Å². The largest absolute Gasteiger partial charge is 0.463 e. The first-order chi connectivity index (χ1) is 13.9. The van der Waals surface area contributed by atoms with Crippen LogP contribution in [0.25, 0.3) is 0 Å². The van der Waals surface area contributed by atoms with Gasteiger partial charge in [0, 0.05) is 30.3 Å². The maximum atomic E-state index is 12.4. The number of hydrogen-bond acceptors (Lipinski definition) is 6. The number of carbonyl (C=O) groups excluding carboxylic acids is 3. The highest BCUT2D eigenvalue weighted by Crippen LogP contribution is 2.15. The smallest absolute Gasteiger partial charge is 0.308 e. The van der Waals surface area contributed by atoms with Gasteiger partial charge in [0.1, 0.15) is 12.6 Å². The minimum Gasteiger partial charge on any atom is -0.463 e. The Bertz CT molecular complexity index is 783. The molecular weight excluding hydrogens is 418 g/mol. The van der Waals surface area contributed by atoms with Gasteiger partial charge >= 0.3 is 5.97 Å². The van der Waals surface area contributed by atoms with Gasteiger partial charge in [-0.25, -0.2) is 0 Å². The molecule has 0 unspecified atom stereocenters. The number of nitrogens with one attached hydrogen (secondary N) is 2. The minimum atomic E-state index is -0.848. The van der Waals surface area contributed by atoms with E-state index >= 15 is 0 Å². The van der Waals surface area contributed by atoms with E-state index in [0.717, 1.165) is 12.8 Å². The van der Waals surface area contributed by atoms with Crippen LogP contribution < -0.4 is 10.6 Å². The van der Waals surface area contributed by atoms with E-state index in [1.54, 1.807) is 24.3 Å². The summed E-state index contributed by atoms with van der Waals surface area (Å²) in [5.41, 5.74) is 0.380. The van der Waals surface area contributed by atoms with Gasteiger partial charge in [0.05, 0.1) is 12.5 Å². The molecular formula is C19H22ClN3O5S. The zero-order valence-electron chi connectivity index (χ0n) is 15.7. The molecule has 29 heavy (non-hydrogen) atoms. The lowest BCUT2D eigenvalue weighted by Gasteiger charge is -2.36. The van der Waals surface area contributed by atoms with Crippen molar-refractivity contribution in [2.75, 3.05) is 26.3 Å². The number of hydrogen-bond donors (Lipinski definition) is 2. The van der Waals surface area contributed by atoms with Gasteiger partial charge in [-0.15, -0.1) is 0 Å². The van der Waals surface area contributed by atoms with E-state index in [1.165, 1.54) is 4.90 Å². The topological polar surface area (TPSA) is 97.0 Å². The molecule has 1 aromatic rings. The zero-order chi connectivity index (χ0) is 20.8. The standard InChI is InChI=1S/C19H22ClN3O5S/c20-13-5-3-12(4-6-13)17(25)22-19(29)23-8-7-21-18(26)15(23)10-16(24)28-11-14-2-1-9-27-14/h3-6,14-15H,1-2,7-11H2,(H,21,26)(H,22,25,29)/t14-,15-/m1/s1. The summed E-state index contributed by atoms with van der Waals surface area (Å²) in [6.45, 7) is 1.57. The summed E-state index contributed by atoms with van der Waals surface area (Å²) in [7, 11) is 0. The van der Waals surface area contributed by atoms with Crippen molar-refractivity contribution in [1.29, 1.82) is 0 Å². The second-order valence-corrected chi connectivity index (χ2v) is 7.61. The van der Waals surface area contributed by atoms with E-state index < -0.39 is 17.9 Å². The highest BCUT2D eigenvalue weighted by atomic mass is 35.5. The number of amides is 2. The molecule has 0 aromatic heterocycles. The number of ether oxygens (including phenoxy) is 2. The van der Waals surface area contributed by atoms with E-state index in [4.69, 9.17) is 33.3 Å². The van der Waals surface area contributed by atoms with E-state index in [9.17, 15) is 14.4 Å². The van der Waals surface area contributed by atoms with Gasteiger partial charge in [-0.05, 0) is 49.3 Å². The highest BCUT2D eigenvalue weighted by Gasteiger charge is 2.34. The molecule has 10 heteroatoms. The summed E-state index contributed by atoms with van der Waals surface area (Å²) in [5, 5.41) is 5.91. The van der Waals surface area contributed by atoms with Crippen molar-refractivity contribution in [3.63, 3.8) is 0 Å². The molecule has 2 N–H and O–H groups in total. The molecule has 3 rings (SSSR count). The molecule has 2 fully saturated rings. The Morgan fingerprint density at radius 1 is 1.34 bits per heavy atom. The molecule has 2 saturated heterocycles. The summed E-state index contributed by atoms with van der Waals surface area (Å²) < 4.78 is 10.7. The first-order valence-electron chi connectivity index (χ1n) is 9.36.